The molecule has 0 bridgehead atoms. The fraction of sp³-hybridized carbons (Fsp3) is 0.346. The number of hydrogen-bond donors (Lipinski definition) is 4. The van der Waals surface area contributed by atoms with Crippen LogP contribution in [0, 0.1) is 6.92 Å². The van der Waals surface area contributed by atoms with Gasteiger partial charge in [0.1, 0.15) is 5.84 Å². The zero-order chi connectivity index (χ0) is 30.1. The van der Waals surface area contributed by atoms with Gasteiger partial charge in [0, 0.05) is 31.3 Å². The molecule has 0 unspecified atom stereocenters. The van der Waals surface area contributed by atoms with Gasteiger partial charge in [-0.25, -0.2) is 23.1 Å². The molecule has 0 radical (unpaired) electrons. The normalized spacial score (nSPS) is 16.3. The van der Waals surface area contributed by atoms with Crippen molar-refractivity contribution in [2.75, 3.05) is 24.6 Å². The summed E-state index contributed by atoms with van der Waals surface area (Å²) in [7, 11) is -3.89. The zero-order valence-corrected chi connectivity index (χ0v) is 24.2. The number of halogens is 1. The van der Waals surface area contributed by atoms with Crippen LogP contribution in [-0.2, 0) is 16.6 Å². The van der Waals surface area contributed by atoms with E-state index in [1.807, 2.05) is 0 Å². The maximum absolute atomic E-state index is 13.3. The highest BCUT2D eigenvalue weighted by Crippen LogP contribution is 2.36. The minimum atomic E-state index is -3.89. The molecule has 1 saturated heterocycles. The summed E-state index contributed by atoms with van der Waals surface area (Å²) in [6.45, 7) is 2.62. The number of nitrogens with one attached hydrogen (secondary N) is 2. The number of nitrogens with two attached hydrogens (primary N) is 2. The van der Waals surface area contributed by atoms with Crippen LogP contribution in [0.15, 0.2) is 46.5 Å². The molecule has 1 fully saturated rings. The maximum atomic E-state index is 13.3. The van der Waals surface area contributed by atoms with E-state index in [0.717, 1.165) is 5.69 Å². The van der Waals surface area contributed by atoms with Crippen molar-refractivity contribution >= 4 is 50.9 Å². The Kier molecular flexibility index (Phi) is 8.08. The van der Waals surface area contributed by atoms with E-state index in [1.165, 1.54) is 18.3 Å². The van der Waals surface area contributed by atoms with Crippen LogP contribution in [0.5, 0.6) is 0 Å². The van der Waals surface area contributed by atoms with E-state index < -0.39 is 21.5 Å². The number of amides is 2. The molecule has 1 spiro atoms. The Hall–Kier alpha value is -4.21. The Balaban J connectivity index is 1.20. The molecule has 3 aromatic rings. The number of aliphatic imine (C=N–C) groups is 1. The first kappa shape index (κ1) is 29.3. The highest BCUT2D eigenvalue weighted by atomic mass is 35.5. The Morgan fingerprint density at radius 3 is 2.55 bits per heavy atom. The van der Waals surface area contributed by atoms with Crippen molar-refractivity contribution < 1.29 is 18.0 Å². The van der Waals surface area contributed by atoms with Gasteiger partial charge in [-0.05, 0) is 44.4 Å². The number of likely N-dealkylation sites (tertiary alicyclic amines) is 1. The van der Waals surface area contributed by atoms with Crippen LogP contribution in [0.25, 0.3) is 0 Å². The Morgan fingerprint density at radius 2 is 1.83 bits per heavy atom. The quantitative estimate of drug-likeness (QED) is 0.314. The lowest BCUT2D eigenvalue weighted by molar-refractivity contribution is 0.0672. The van der Waals surface area contributed by atoms with Gasteiger partial charge >= 0.3 is 0 Å². The predicted octanol–water partition coefficient (Wildman–Crippen LogP) is 1.47. The van der Waals surface area contributed by atoms with Crippen LogP contribution in [-0.4, -0.2) is 69.5 Å². The van der Waals surface area contributed by atoms with E-state index in [-0.39, 0.29) is 45.4 Å². The molecule has 6 N–H and O–H groups in total. The van der Waals surface area contributed by atoms with E-state index >= 15 is 0 Å². The second kappa shape index (κ2) is 11.6. The van der Waals surface area contributed by atoms with Crippen molar-refractivity contribution in [3.05, 3.63) is 64.5 Å². The van der Waals surface area contributed by atoms with Crippen molar-refractivity contribution in [3.63, 3.8) is 0 Å². The SMILES string of the molecule is Cc1cnc(CNS(=O)(=O)c2cccc(C(=O)N3CCC4(CCC(NC(=O)c5nc(Cl)c(N)nc5N)=N4)CC3)c2)cn1. The van der Waals surface area contributed by atoms with E-state index in [9.17, 15) is 18.0 Å². The summed E-state index contributed by atoms with van der Waals surface area (Å²) in [5.41, 5.74) is 12.3. The van der Waals surface area contributed by atoms with Gasteiger partial charge in [0.25, 0.3) is 11.8 Å². The molecule has 1 aromatic carbocycles. The summed E-state index contributed by atoms with van der Waals surface area (Å²) in [6, 6.07) is 5.94. The van der Waals surface area contributed by atoms with Crippen molar-refractivity contribution in [2.24, 2.45) is 4.99 Å². The fourth-order valence-corrected chi connectivity index (χ4v) is 6.04. The van der Waals surface area contributed by atoms with E-state index in [0.29, 0.717) is 50.3 Å². The minimum Gasteiger partial charge on any atom is -0.382 e. The number of carbonyl (C=O) groups is 2. The molecule has 14 nitrogen and oxygen atoms in total. The van der Waals surface area contributed by atoms with Crippen molar-refractivity contribution in [3.8, 4) is 0 Å². The summed E-state index contributed by atoms with van der Waals surface area (Å²) >= 11 is 5.89. The lowest BCUT2D eigenvalue weighted by Gasteiger charge is -2.37. The number of aromatic nitrogens is 4. The molecule has 2 aromatic heterocycles. The number of aryl methyl sites for hydroxylation is 1. The molecular weight excluding hydrogens is 584 g/mol. The number of nitrogens with zero attached hydrogens (tertiary/aromatic N) is 6. The lowest BCUT2D eigenvalue weighted by atomic mass is 9.86. The number of anilines is 2. The Morgan fingerprint density at radius 1 is 1.07 bits per heavy atom. The number of sulfonamides is 1. The van der Waals surface area contributed by atoms with Gasteiger partial charge in [-0.2, -0.15) is 0 Å². The van der Waals surface area contributed by atoms with Gasteiger partial charge in [0.15, 0.2) is 22.5 Å². The highest BCUT2D eigenvalue weighted by molar-refractivity contribution is 7.89. The maximum Gasteiger partial charge on any atom is 0.279 e. The van der Waals surface area contributed by atoms with Crippen molar-refractivity contribution in [1.82, 2.24) is 34.9 Å². The summed E-state index contributed by atoms with van der Waals surface area (Å²) in [6.07, 6.45) is 5.49. The molecular formula is C26H29ClN10O4S. The predicted molar refractivity (Wildman–Crippen MR) is 155 cm³/mol. The summed E-state index contributed by atoms with van der Waals surface area (Å²) in [5.74, 6) is -0.557. The lowest BCUT2D eigenvalue weighted by Crippen LogP contribution is -2.45. The molecule has 2 aliphatic rings. The van der Waals surface area contributed by atoms with E-state index in [1.54, 1.807) is 30.2 Å². The molecule has 16 heteroatoms. The summed E-state index contributed by atoms with van der Waals surface area (Å²) in [5, 5.41) is 2.62. The third kappa shape index (κ3) is 6.32. The molecule has 0 saturated carbocycles. The molecule has 2 amide bonds. The second-order valence-electron chi connectivity index (χ2n) is 10.2. The molecule has 0 atom stereocenters. The number of hydrogen-bond acceptors (Lipinski definition) is 11. The number of rotatable bonds is 6. The number of nitrogen functional groups attached to an aromatic ring is 2. The third-order valence-corrected chi connectivity index (χ3v) is 8.90. The second-order valence-corrected chi connectivity index (χ2v) is 12.3. The molecule has 5 rings (SSSR count). The van der Waals surface area contributed by atoms with Gasteiger partial charge in [-0.3, -0.25) is 24.5 Å². The number of amidine groups is 1. The monoisotopic (exact) mass is 612 g/mol. The van der Waals surface area contributed by atoms with Crippen LogP contribution in [0.1, 0.15) is 57.9 Å². The summed E-state index contributed by atoms with van der Waals surface area (Å²) in [4.78, 5) is 48.5. The Labute approximate surface area is 247 Å². The number of carbonyl (C=O) groups excluding carboxylic acids is 2. The van der Waals surface area contributed by atoms with Gasteiger partial charge in [0.05, 0.1) is 34.6 Å². The zero-order valence-electron chi connectivity index (χ0n) is 22.7. The minimum absolute atomic E-state index is 0.0182. The Bertz CT molecular complexity index is 1670. The first-order chi connectivity index (χ1) is 19.9. The van der Waals surface area contributed by atoms with Crippen molar-refractivity contribution in [2.45, 2.75) is 49.6 Å². The standard InChI is InChI=1S/C26H29ClN10O4S/c1-15-12-31-17(13-30-15)14-32-42(40,41)18-4-2-3-16(11-18)25(39)37-9-7-26(8-10-37)6-5-19(36-26)33-24(38)20-22(28)35-23(29)21(27)34-20/h2-4,11-13,32H,5-10,14H2,1H3,(H4,28,29,35)(H,33,36,38). The molecule has 0 aliphatic carbocycles. The van der Waals surface area contributed by atoms with Gasteiger partial charge in [-0.15, -0.1) is 0 Å². The fourth-order valence-electron chi connectivity index (χ4n) is 4.87. The number of piperidine rings is 1. The topological polar surface area (TPSA) is 212 Å². The number of benzene rings is 1. The van der Waals surface area contributed by atoms with Gasteiger partial charge in [-0.1, -0.05) is 17.7 Å². The first-order valence-electron chi connectivity index (χ1n) is 13.1. The van der Waals surface area contributed by atoms with Gasteiger partial charge in [0.2, 0.25) is 10.0 Å². The van der Waals surface area contributed by atoms with Crippen LogP contribution in [0.2, 0.25) is 5.15 Å². The first-order valence-corrected chi connectivity index (χ1v) is 15.0. The largest absolute Gasteiger partial charge is 0.382 e. The average Bonchev–Trinajstić information content (AvgIpc) is 3.36. The molecule has 42 heavy (non-hydrogen) atoms. The smallest absolute Gasteiger partial charge is 0.279 e. The van der Waals surface area contributed by atoms with Gasteiger partial charge < -0.3 is 21.7 Å². The van der Waals surface area contributed by atoms with Crippen LogP contribution < -0.4 is 21.5 Å². The van der Waals surface area contributed by atoms with Crippen LogP contribution in [0.3, 0.4) is 0 Å². The molecule has 2 aliphatic heterocycles. The van der Waals surface area contributed by atoms with Crippen molar-refractivity contribution in [1.29, 1.82) is 0 Å². The third-order valence-electron chi connectivity index (χ3n) is 7.23. The van der Waals surface area contributed by atoms with Crippen LogP contribution in [0.4, 0.5) is 11.6 Å². The summed E-state index contributed by atoms with van der Waals surface area (Å²) < 4.78 is 28.3. The van der Waals surface area contributed by atoms with E-state index in [2.05, 4.69) is 30.0 Å². The molecule has 220 valence electrons. The average molecular weight is 613 g/mol. The van der Waals surface area contributed by atoms with Crippen LogP contribution >= 0.6 is 11.6 Å². The molecule has 4 heterocycles. The van der Waals surface area contributed by atoms with E-state index in [4.69, 9.17) is 28.1 Å². The highest BCUT2D eigenvalue weighted by Gasteiger charge is 2.40.